The highest BCUT2D eigenvalue weighted by Crippen LogP contribution is 2.47. The summed E-state index contributed by atoms with van der Waals surface area (Å²) in [4.78, 5) is 38.1. The topological polar surface area (TPSA) is 78.4 Å². The molecule has 0 bridgehead atoms. The number of carbonyl (C=O) groups is 2. The van der Waals surface area contributed by atoms with Crippen LogP contribution in [-0.2, 0) is 16.1 Å². The van der Waals surface area contributed by atoms with Gasteiger partial charge >= 0.3 is 0 Å². The lowest BCUT2D eigenvalue weighted by atomic mass is 10.0. The fourth-order valence-electron chi connectivity index (χ4n) is 3.50. The van der Waals surface area contributed by atoms with Gasteiger partial charge in [-0.15, -0.1) is 0 Å². The molecule has 27 heavy (non-hydrogen) atoms. The number of nitrogens with one attached hydrogen (secondary N) is 1. The van der Waals surface area contributed by atoms with Crippen LogP contribution in [0.4, 0.5) is 5.82 Å². The molecule has 140 valence electrons. The van der Waals surface area contributed by atoms with E-state index in [-0.39, 0.29) is 11.8 Å². The first kappa shape index (κ1) is 17.5. The molecule has 0 radical (unpaired) electrons. The van der Waals surface area contributed by atoms with Crippen molar-refractivity contribution >= 4 is 17.6 Å². The van der Waals surface area contributed by atoms with E-state index in [9.17, 15) is 9.59 Å². The van der Waals surface area contributed by atoms with Gasteiger partial charge in [0.05, 0.1) is 0 Å². The van der Waals surface area contributed by atoms with E-state index in [0.717, 1.165) is 24.5 Å². The van der Waals surface area contributed by atoms with Crippen LogP contribution in [0, 0.1) is 5.41 Å². The molecule has 2 aliphatic rings. The predicted octanol–water partition coefficient (Wildman–Crippen LogP) is 1.22. The summed E-state index contributed by atoms with van der Waals surface area (Å²) in [6, 6.07) is 9.58. The average molecular weight is 365 g/mol. The smallest absolute Gasteiger partial charge is 0.238 e. The molecule has 1 aliphatic heterocycles. The predicted molar refractivity (Wildman–Crippen MR) is 101 cm³/mol. The zero-order valence-corrected chi connectivity index (χ0v) is 15.2. The third kappa shape index (κ3) is 3.63. The molecule has 0 spiro atoms. The van der Waals surface area contributed by atoms with E-state index in [4.69, 9.17) is 0 Å². The lowest BCUT2D eigenvalue weighted by Gasteiger charge is -2.36. The minimum Gasteiger partial charge on any atom is -0.353 e. The van der Waals surface area contributed by atoms with Crippen LogP contribution in [0.1, 0.15) is 18.4 Å². The Morgan fingerprint density at radius 1 is 1.04 bits per heavy atom. The van der Waals surface area contributed by atoms with Gasteiger partial charge in [0.2, 0.25) is 11.8 Å². The van der Waals surface area contributed by atoms with Crippen LogP contribution >= 0.6 is 0 Å². The summed E-state index contributed by atoms with van der Waals surface area (Å²) < 4.78 is 0. The maximum Gasteiger partial charge on any atom is 0.238 e. The Morgan fingerprint density at radius 3 is 2.48 bits per heavy atom. The van der Waals surface area contributed by atoms with E-state index in [1.54, 1.807) is 18.6 Å². The summed E-state index contributed by atoms with van der Waals surface area (Å²) in [6.45, 7) is 3.10. The Hall–Kier alpha value is -2.96. The zero-order valence-electron chi connectivity index (χ0n) is 15.2. The second-order valence-corrected chi connectivity index (χ2v) is 7.09. The highest BCUT2D eigenvalue weighted by molar-refractivity contribution is 6.07. The third-order valence-corrected chi connectivity index (χ3v) is 5.31. The number of anilines is 1. The zero-order chi connectivity index (χ0) is 18.7. The summed E-state index contributed by atoms with van der Waals surface area (Å²) in [6.07, 6.45) is 6.45. The maximum absolute atomic E-state index is 13.0. The van der Waals surface area contributed by atoms with Crippen molar-refractivity contribution in [2.75, 3.05) is 31.1 Å². The van der Waals surface area contributed by atoms with Gasteiger partial charge in [-0.1, -0.05) is 12.1 Å². The molecule has 3 heterocycles. The van der Waals surface area contributed by atoms with Crippen LogP contribution in [0.15, 0.2) is 48.9 Å². The number of aromatic nitrogens is 2. The molecule has 1 saturated carbocycles. The summed E-state index contributed by atoms with van der Waals surface area (Å²) in [5.74, 6) is 0.732. The van der Waals surface area contributed by atoms with Crippen molar-refractivity contribution in [2.24, 2.45) is 5.41 Å². The van der Waals surface area contributed by atoms with Crippen molar-refractivity contribution in [3.05, 3.63) is 54.5 Å². The first-order chi connectivity index (χ1) is 13.2. The van der Waals surface area contributed by atoms with Crippen LogP contribution in [0.2, 0.25) is 0 Å². The number of hydrogen-bond donors (Lipinski definition) is 1. The monoisotopic (exact) mass is 365 g/mol. The van der Waals surface area contributed by atoms with Crippen LogP contribution in [0.5, 0.6) is 0 Å². The molecule has 0 unspecified atom stereocenters. The molecule has 2 fully saturated rings. The van der Waals surface area contributed by atoms with Gasteiger partial charge in [0.25, 0.3) is 0 Å². The van der Waals surface area contributed by atoms with Gasteiger partial charge in [-0.2, -0.15) is 0 Å². The second-order valence-electron chi connectivity index (χ2n) is 7.09. The Bertz CT molecular complexity index is 800. The lowest BCUT2D eigenvalue weighted by Crippen LogP contribution is -2.53. The van der Waals surface area contributed by atoms with E-state index < -0.39 is 5.41 Å². The number of rotatable bonds is 5. The molecule has 7 nitrogen and oxygen atoms in total. The largest absolute Gasteiger partial charge is 0.353 e. The van der Waals surface area contributed by atoms with E-state index in [1.165, 1.54) is 0 Å². The minimum atomic E-state index is -0.866. The van der Waals surface area contributed by atoms with Crippen LogP contribution in [-0.4, -0.2) is 52.9 Å². The summed E-state index contributed by atoms with van der Waals surface area (Å²) in [7, 11) is 0. The minimum absolute atomic E-state index is 0.0353. The number of amides is 2. The van der Waals surface area contributed by atoms with Crippen molar-refractivity contribution in [1.29, 1.82) is 0 Å². The van der Waals surface area contributed by atoms with Gasteiger partial charge < -0.3 is 15.1 Å². The van der Waals surface area contributed by atoms with Gasteiger partial charge in [-0.25, -0.2) is 4.98 Å². The SMILES string of the molecule is O=C(NCc1cccnc1)C1(C(=O)N2CCN(c3ccccn3)CC2)CC1. The maximum atomic E-state index is 13.0. The number of pyridine rings is 2. The molecular formula is C20H23N5O2. The molecule has 4 rings (SSSR count). The molecule has 0 aromatic carbocycles. The number of nitrogens with zero attached hydrogens (tertiary/aromatic N) is 4. The summed E-state index contributed by atoms with van der Waals surface area (Å²) >= 11 is 0. The molecule has 1 aliphatic carbocycles. The van der Waals surface area contributed by atoms with Crippen molar-refractivity contribution < 1.29 is 9.59 Å². The molecule has 1 saturated heterocycles. The van der Waals surface area contributed by atoms with Gasteiger partial charge in [0.1, 0.15) is 11.2 Å². The Labute approximate surface area is 158 Å². The Kier molecular flexibility index (Phi) is 4.75. The molecule has 2 aromatic heterocycles. The van der Waals surface area contributed by atoms with Crippen molar-refractivity contribution in [1.82, 2.24) is 20.2 Å². The van der Waals surface area contributed by atoms with Crippen molar-refractivity contribution in [3.63, 3.8) is 0 Å². The fraction of sp³-hybridized carbons (Fsp3) is 0.400. The molecule has 2 amide bonds. The lowest BCUT2D eigenvalue weighted by molar-refractivity contribution is -0.144. The number of carbonyl (C=O) groups excluding carboxylic acids is 2. The van der Waals surface area contributed by atoms with Crippen molar-refractivity contribution in [2.45, 2.75) is 19.4 Å². The Morgan fingerprint density at radius 2 is 1.85 bits per heavy atom. The number of piperazine rings is 1. The standard InChI is InChI=1S/C20H23N5O2/c26-18(23-15-16-4-3-8-21-14-16)20(6-7-20)19(27)25-12-10-24(11-13-25)17-5-1-2-9-22-17/h1-5,8-9,14H,6-7,10-13,15H2,(H,23,26). The van der Waals surface area contributed by atoms with Gasteiger partial charge in [0.15, 0.2) is 0 Å². The second kappa shape index (κ2) is 7.34. The van der Waals surface area contributed by atoms with Crippen LogP contribution in [0.25, 0.3) is 0 Å². The molecule has 1 N–H and O–H groups in total. The molecular weight excluding hydrogens is 342 g/mol. The summed E-state index contributed by atoms with van der Waals surface area (Å²) in [5, 5.41) is 2.91. The van der Waals surface area contributed by atoms with E-state index in [2.05, 4.69) is 20.2 Å². The average Bonchev–Trinajstić information content (AvgIpc) is 3.55. The molecule has 7 heteroatoms. The van der Waals surface area contributed by atoms with Crippen LogP contribution in [0.3, 0.4) is 0 Å². The van der Waals surface area contributed by atoms with E-state index in [1.807, 2.05) is 35.2 Å². The van der Waals surface area contributed by atoms with E-state index in [0.29, 0.717) is 32.5 Å². The highest BCUT2D eigenvalue weighted by atomic mass is 16.2. The number of hydrogen-bond acceptors (Lipinski definition) is 5. The van der Waals surface area contributed by atoms with Gasteiger partial charge in [0, 0.05) is 51.3 Å². The normalized spacial score (nSPS) is 18.1. The highest BCUT2D eigenvalue weighted by Gasteiger charge is 2.58. The summed E-state index contributed by atoms with van der Waals surface area (Å²) in [5.41, 5.74) is 0.0631. The fourth-order valence-corrected chi connectivity index (χ4v) is 3.50. The first-order valence-electron chi connectivity index (χ1n) is 9.32. The first-order valence-corrected chi connectivity index (χ1v) is 9.32. The molecule has 2 aromatic rings. The van der Waals surface area contributed by atoms with Crippen molar-refractivity contribution in [3.8, 4) is 0 Å². The van der Waals surface area contributed by atoms with Crippen LogP contribution < -0.4 is 10.2 Å². The quantitative estimate of drug-likeness (QED) is 0.806. The van der Waals surface area contributed by atoms with Gasteiger partial charge in [-0.3, -0.25) is 14.6 Å². The Balaban J connectivity index is 1.33. The van der Waals surface area contributed by atoms with E-state index >= 15 is 0 Å². The molecule has 0 atom stereocenters. The third-order valence-electron chi connectivity index (χ3n) is 5.31. The van der Waals surface area contributed by atoms with Gasteiger partial charge in [-0.05, 0) is 36.6 Å².